The second-order valence-corrected chi connectivity index (χ2v) is 15.1. The molecular formula is C56H41N5. The largest absolute Gasteiger partial charge is 0.354 e. The van der Waals surface area contributed by atoms with Gasteiger partial charge in [-0.25, -0.2) is 9.98 Å². The van der Waals surface area contributed by atoms with Crippen LogP contribution in [-0.2, 0) is 0 Å². The zero-order valence-electron chi connectivity index (χ0n) is 33.3. The van der Waals surface area contributed by atoms with Gasteiger partial charge in [-0.2, -0.15) is 0 Å². The Morgan fingerprint density at radius 2 is 0.984 bits per heavy atom. The zero-order chi connectivity index (χ0) is 41.0. The van der Waals surface area contributed by atoms with Crippen molar-refractivity contribution in [2.75, 3.05) is 0 Å². The van der Waals surface area contributed by atoms with Gasteiger partial charge in [0.1, 0.15) is 12.0 Å². The Bertz CT molecular complexity index is 2970. The average molecular weight is 784 g/mol. The Morgan fingerprint density at radius 1 is 0.459 bits per heavy atom. The Kier molecular flexibility index (Phi) is 10.1. The molecule has 0 aromatic heterocycles. The molecule has 0 saturated heterocycles. The fraction of sp³-hybridized carbons (Fsp3) is 0.0179. The molecule has 0 amide bonds. The number of aliphatic imine (C=N–C) groups is 2. The van der Waals surface area contributed by atoms with Crippen LogP contribution in [0.2, 0.25) is 0 Å². The van der Waals surface area contributed by atoms with Crippen molar-refractivity contribution >= 4 is 40.4 Å². The van der Waals surface area contributed by atoms with Crippen LogP contribution in [0.3, 0.4) is 0 Å². The molecule has 5 nitrogen and oxygen atoms in total. The van der Waals surface area contributed by atoms with Crippen molar-refractivity contribution in [2.45, 2.75) is 6.17 Å². The predicted molar refractivity (Wildman–Crippen MR) is 253 cm³/mol. The third-order valence-electron chi connectivity index (χ3n) is 11.2. The van der Waals surface area contributed by atoms with Crippen molar-refractivity contribution < 1.29 is 0 Å². The van der Waals surface area contributed by atoms with E-state index >= 15 is 0 Å². The van der Waals surface area contributed by atoms with Crippen molar-refractivity contribution in [3.8, 4) is 22.3 Å². The van der Waals surface area contributed by atoms with Crippen LogP contribution in [0.4, 0.5) is 0 Å². The van der Waals surface area contributed by atoms with Gasteiger partial charge in [0.15, 0.2) is 5.84 Å². The molecule has 0 spiro atoms. The van der Waals surface area contributed by atoms with Gasteiger partial charge in [-0.05, 0) is 50.6 Å². The summed E-state index contributed by atoms with van der Waals surface area (Å²) in [5, 5.41) is 17.1. The van der Waals surface area contributed by atoms with Crippen LogP contribution in [0.1, 0.15) is 50.7 Å². The monoisotopic (exact) mass is 783 g/mol. The zero-order valence-corrected chi connectivity index (χ0v) is 33.3. The SMILES string of the molecule is N=C(/C(=C1\NC(c2ccccc2)=Cc2cccc(-c3ccc(-c4ccc(C5=NC(c6ccccc6)NC(c6ccccc6)=N5)cc4)cc3)c21)c1ccccc1)c1ccccc1. The molecule has 8 aromatic carbocycles. The van der Waals surface area contributed by atoms with Gasteiger partial charge in [0.2, 0.25) is 0 Å². The summed E-state index contributed by atoms with van der Waals surface area (Å²) in [4.78, 5) is 10.1. The van der Waals surface area contributed by atoms with Crippen molar-refractivity contribution in [3.63, 3.8) is 0 Å². The molecule has 5 heteroatoms. The summed E-state index contributed by atoms with van der Waals surface area (Å²) in [6.07, 6.45) is 1.97. The maximum Gasteiger partial charge on any atom is 0.159 e. The maximum absolute atomic E-state index is 9.72. The first-order valence-corrected chi connectivity index (χ1v) is 20.5. The van der Waals surface area contributed by atoms with E-state index in [9.17, 15) is 5.41 Å². The van der Waals surface area contributed by atoms with E-state index in [0.29, 0.717) is 11.5 Å². The van der Waals surface area contributed by atoms with Gasteiger partial charge in [-0.15, -0.1) is 0 Å². The van der Waals surface area contributed by atoms with Crippen molar-refractivity contribution in [1.29, 1.82) is 5.41 Å². The molecule has 2 aliphatic rings. The average Bonchev–Trinajstić information content (AvgIpc) is 3.35. The summed E-state index contributed by atoms with van der Waals surface area (Å²) < 4.78 is 0. The van der Waals surface area contributed by atoms with E-state index in [1.165, 1.54) is 0 Å². The highest BCUT2D eigenvalue weighted by Crippen LogP contribution is 2.41. The number of amidine groups is 2. The van der Waals surface area contributed by atoms with Gasteiger partial charge >= 0.3 is 0 Å². The molecule has 290 valence electrons. The minimum absolute atomic E-state index is 0.251. The molecular weight excluding hydrogens is 743 g/mol. The van der Waals surface area contributed by atoms with Gasteiger partial charge in [-0.1, -0.05) is 218 Å². The molecule has 2 aliphatic heterocycles. The number of hydrogen-bond donors (Lipinski definition) is 3. The number of hydrogen-bond acceptors (Lipinski definition) is 5. The molecule has 10 rings (SSSR count). The van der Waals surface area contributed by atoms with Crippen LogP contribution < -0.4 is 10.6 Å². The van der Waals surface area contributed by atoms with E-state index in [1.54, 1.807) is 0 Å². The quantitative estimate of drug-likeness (QED) is 0.128. The minimum Gasteiger partial charge on any atom is -0.354 e. The summed E-state index contributed by atoms with van der Waals surface area (Å²) in [6, 6.07) is 75.0. The highest BCUT2D eigenvalue weighted by molar-refractivity contribution is 6.36. The second kappa shape index (κ2) is 16.6. The molecule has 61 heavy (non-hydrogen) atoms. The third-order valence-corrected chi connectivity index (χ3v) is 11.2. The van der Waals surface area contributed by atoms with E-state index in [1.807, 2.05) is 91.0 Å². The molecule has 1 atom stereocenters. The van der Waals surface area contributed by atoms with Crippen LogP contribution >= 0.6 is 0 Å². The molecule has 0 fully saturated rings. The molecule has 3 N–H and O–H groups in total. The molecule has 0 saturated carbocycles. The topological polar surface area (TPSA) is 72.6 Å². The van der Waals surface area contributed by atoms with Gasteiger partial charge < -0.3 is 10.6 Å². The first-order valence-electron chi connectivity index (χ1n) is 20.5. The van der Waals surface area contributed by atoms with Gasteiger partial charge in [0, 0.05) is 33.5 Å². The minimum atomic E-state index is -0.251. The Hall–Kier alpha value is -8.15. The number of benzene rings is 8. The number of nitrogens with zero attached hydrogens (tertiary/aromatic N) is 2. The summed E-state index contributed by atoms with van der Waals surface area (Å²) in [7, 11) is 0. The fourth-order valence-electron chi connectivity index (χ4n) is 8.11. The van der Waals surface area contributed by atoms with Gasteiger partial charge in [-0.3, -0.25) is 5.41 Å². The molecule has 0 radical (unpaired) electrons. The number of rotatable bonds is 9. The number of nitrogens with one attached hydrogen (secondary N) is 3. The van der Waals surface area contributed by atoms with Crippen LogP contribution in [0.25, 0.3) is 45.3 Å². The first-order chi connectivity index (χ1) is 30.2. The third kappa shape index (κ3) is 7.64. The number of allylic oxidation sites excluding steroid dienone is 1. The highest BCUT2D eigenvalue weighted by Gasteiger charge is 2.27. The standard InChI is InChI=1S/C56H41N5/c57-52(43-21-10-3-11-22-43)51(42-19-8-2-9-20-42)53-50-47(37-49(58-53)41-17-6-1-7-18-41)27-16-28-48(50)40-33-29-38(30-34-40)39-31-35-46(36-32-39)56-60-54(44-23-12-4-13-24-44)59-55(61-56)45-25-14-5-15-26-45/h1-37,54,57-58H,(H,59,60,61)/b53-51-,57-52?. The van der Waals surface area contributed by atoms with Crippen LogP contribution in [-0.4, -0.2) is 17.4 Å². The van der Waals surface area contributed by atoms with Crippen molar-refractivity contribution in [3.05, 3.63) is 263 Å². The summed E-state index contributed by atoms with van der Waals surface area (Å²) in [6.45, 7) is 0. The molecule has 2 heterocycles. The van der Waals surface area contributed by atoms with E-state index < -0.39 is 0 Å². The Morgan fingerprint density at radius 3 is 1.61 bits per heavy atom. The van der Waals surface area contributed by atoms with E-state index in [-0.39, 0.29) is 6.17 Å². The Labute approximate surface area is 356 Å². The molecule has 1 unspecified atom stereocenters. The Balaban J connectivity index is 1.03. The van der Waals surface area contributed by atoms with E-state index in [4.69, 9.17) is 9.98 Å². The van der Waals surface area contributed by atoms with E-state index in [2.05, 4.69) is 144 Å². The van der Waals surface area contributed by atoms with Gasteiger partial charge in [0.05, 0.1) is 11.4 Å². The van der Waals surface area contributed by atoms with Crippen LogP contribution in [0, 0.1) is 5.41 Å². The molecule has 8 aromatic rings. The van der Waals surface area contributed by atoms with Crippen molar-refractivity contribution in [1.82, 2.24) is 10.6 Å². The maximum atomic E-state index is 9.72. The molecule has 0 bridgehead atoms. The smallest absolute Gasteiger partial charge is 0.159 e. The predicted octanol–water partition coefficient (Wildman–Crippen LogP) is 12.6. The second-order valence-electron chi connectivity index (χ2n) is 15.1. The lowest BCUT2D eigenvalue weighted by Gasteiger charge is -2.28. The van der Waals surface area contributed by atoms with E-state index in [0.717, 1.165) is 89.6 Å². The fourth-order valence-corrected chi connectivity index (χ4v) is 8.11. The van der Waals surface area contributed by atoms with Gasteiger partial charge in [0.25, 0.3) is 0 Å². The first kappa shape index (κ1) is 37.1. The normalized spacial score (nSPS) is 15.2. The number of fused-ring (bicyclic) bond motifs is 1. The molecule has 0 aliphatic carbocycles. The lowest BCUT2D eigenvalue weighted by molar-refractivity contribution is 0.674. The van der Waals surface area contributed by atoms with Crippen LogP contribution in [0.5, 0.6) is 0 Å². The van der Waals surface area contributed by atoms with Crippen LogP contribution in [0.15, 0.2) is 228 Å². The lowest BCUT2D eigenvalue weighted by Crippen LogP contribution is -2.33. The summed E-state index contributed by atoms with van der Waals surface area (Å²) in [5.74, 6) is 1.49. The highest BCUT2D eigenvalue weighted by atomic mass is 15.2. The lowest BCUT2D eigenvalue weighted by atomic mass is 9.84. The van der Waals surface area contributed by atoms with Crippen molar-refractivity contribution in [2.24, 2.45) is 9.98 Å². The summed E-state index contributed by atoms with van der Waals surface area (Å²) in [5.41, 5.74) is 15.7. The summed E-state index contributed by atoms with van der Waals surface area (Å²) >= 11 is 0.